The zero-order valence-electron chi connectivity index (χ0n) is 14.7. The van der Waals surface area contributed by atoms with E-state index in [1.165, 1.54) is 0 Å². The summed E-state index contributed by atoms with van der Waals surface area (Å²) >= 11 is 0. The molecule has 0 unspecified atom stereocenters. The van der Waals surface area contributed by atoms with Crippen molar-refractivity contribution < 1.29 is 9.53 Å². The molecule has 1 aromatic carbocycles. The summed E-state index contributed by atoms with van der Waals surface area (Å²) in [5, 5.41) is 1.15. The van der Waals surface area contributed by atoms with Gasteiger partial charge in [-0.15, -0.1) is 0 Å². The molecule has 1 aromatic heterocycles. The van der Waals surface area contributed by atoms with Gasteiger partial charge in [0.15, 0.2) is 0 Å². The lowest BCUT2D eigenvalue weighted by Crippen LogP contribution is -2.43. The molecule has 2 N–H and O–H groups in total. The summed E-state index contributed by atoms with van der Waals surface area (Å²) in [6, 6.07) is 10.8. The fourth-order valence-corrected chi connectivity index (χ4v) is 4.17. The van der Waals surface area contributed by atoms with Crippen molar-refractivity contribution in [2.75, 3.05) is 26.3 Å². The van der Waals surface area contributed by atoms with E-state index >= 15 is 0 Å². The van der Waals surface area contributed by atoms with Crippen LogP contribution in [0.1, 0.15) is 31.4 Å². The Bertz CT molecular complexity index is 740. The third kappa shape index (κ3) is 3.44. The summed E-state index contributed by atoms with van der Waals surface area (Å²) < 4.78 is 7.34. The quantitative estimate of drug-likeness (QED) is 0.913. The van der Waals surface area contributed by atoms with Crippen molar-refractivity contribution in [1.29, 1.82) is 0 Å². The second-order valence-electron chi connectivity index (χ2n) is 7.40. The molecule has 5 nitrogen and oxygen atoms in total. The highest BCUT2D eigenvalue weighted by Crippen LogP contribution is 2.29. The molecule has 0 bridgehead atoms. The Kier molecular flexibility index (Phi) is 4.77. The zero-order valence-corrected chi connectivity index (χ0v) is 14.7. The van der Waals surface area contributed by atoms with Crippen LogP contribution in [-0.4, -0.2) is 47.8 Å². The molecule has 1 saturated heterocycles. The number of carbonyl (C=O) groups excluding carboxylic acids is 1. The lowest BCUT2D eigenvalue weighted by Gasteiger charge is -2.29. The van der Waals surface area contributed by atoms with Crippen LogP contribution >= 0.6 is 0 Å². The highest BCUT2D eigenvalue weighted by atomic mass is 16.5. The van der Waals surface area contributed by atoms with Gasteiger partial charge < -0.3 is 15.4 Å². The molecule has 4 rings (SSSR count). The number of hydrogen-bond donors (Lipinski definition) is 1. The van der Waals surface area contributed by atoms with Crippen LogP contribution in [0.5, 0.6) is 0 Å². The molecule has 1 amide bonds. The van der Waals surface area contributed by atoms with E-state index in [4.69, 9.17) is 10.5 Å². The maximum Gasteiger partial charge on any atom is 0.329 e. The molecule has 2 heterocycles. The van der Waals surface area contributed by atoms with Gasteiger partial charge in [-0.3, -0.25) is 4.57 Å². The topological polar surface area (TPSA) is 60.5 Å². The number of aromatic nitrogens is 1. The van der Waals surface area contributed by atoms with Crippen LogP contribution in [0.2, 0.25) is 0 Å². The summed E-state index contributed by atoms with van der Waals surface area (Å²) in [4.78, 5) is 15.1. The van der Waals surface area contributed by atoms with Gasteiger partial charge in [-0.1, -0.05) is 18.2 Å². The Hall–Kier alpha value is -1.85. The molecular formula is C20H27N3O2. The van der Waals surface area contributed by atoms with Crippen LogP contribution in [0.25, 0.3) is 10.9 Å². The SMILES string of the molecule is NC1CCC(Cc2cc3ccccc3n2C(=O)N2CCOCC2)CC1. The van der Waals surface area contributed by atoms with Gasteiger partial charge >= 0.3 is 6.03 Å². The Morgan fingerprint density at radius 1 is 1.12 bits per heavy atom. The first-order valence-electron chi connectivity index (χ1n) is 9.44. The van der Waals surface area contributed by atoms with E-state index in [0.29, 0.717) is 38.3 Å². The molecule has 1 aliphatic heterocycles. The highest BCUT2D eigenvalue weighted by Gasteiger charge is 2.25. The minimum atomic E-state index is 0.0898. The van der Waals surface area contributed by atoms with Gasteiger partial charge in [0, 0.05) is 30.2 Å². The lowest BCUT2D eigenvalue weighted by molar-refractivity contribution is 0.0536. The molecular weight excluding hydrogens is 314 g/mol. The summed E-state index contributed by atoms with van der Waals surface area (Å²) in [6.45, 7) is 2.59. The van der Waals surface area contributed by atoms with Gasteiger partial charge in [0.2, 0.25) is 0 Å². The Balaban J connectivity index is 1.64. The van der Waals surface area contributed by atoms with Crippen molar-refractivity contribution >= 4 is 16.9 Å². The van der Waals surface area contributed by atoms with Crippen molar-refractivity contribution in [3.8, 4) is 0 Å². The number of nitrogens with zero attached hydrogens (tertiary/aromatic N) is 2. The van der Waals surface area contributed by atoms with Crippen LogP contribution < -0.4 is 5.73 Å². The fourth-order valence-electron chi connectivity index (χ4n) is 4.17. The summed E-state index contributed by atoms with van der Waals surface area (Å²) in [5.74, 6) is 0.625. The van der Waals surface area contributed by atoms with E-state index in [0.717, 1.165) is 48.7 Å². The number of carbonyl (C=O) groups is 1. The first-order chi connectivity index (χ1) is 12.2. The third-order valence-electron chi connectivity index (χ3n) is 5.65. The second-order valence-corrected chi connectivity index (χ2v) is 7.40. The maximum atomic E-state index is 13.2. The molecule has 2 fully saturated rings. The number of morpholine rings is 1. The predicted molar refractivity (Wildman–Crippen MR) is 98.8 cm³/mol. The van der Waals surface area contributed by atoms with Crippen LogP contribution in [0.15, 0.2) is 30.3 Å². The normalized spacial score (nSPS) is 24.6. The highest BCUT2D eigenvalue weighted by molar-refractivity contribution is 5.93. The fraction of sp³-hybridized carbons (Fsp3) is 0.550. The third-order valence-corrected chi connectivity index (χ3v) is 5.65. The standard InChI is InChI=1S/C20H27N3O2/c21-17-7-5-15(6-8-17)13-18-14-16-3-1-2-4-19(16)23(18)20(24)22-9-11-25-12-10-22/h1-4,14-15,17H,5-13,21H2. The zero-order chi connectivity index (χ0) is 17.2. The average molecular weight is 341 g/mol. The number of fused-ring (bicyclic) bond motifs is 1. The van der Waals surface area contributed by atoms with Crippen molar-refractivity contribution in [2.45, 2.75) is 38.1 Å². The molecule has 2 aromatic rings. The summed E-state index contributed by atoms with van der Waals surface area (Å²) in [6.07, 6.45) is 5.48. The Morgan fingerprint density at radius 3 is 2.60 bits per heavy atom. The lowest BCUT2D eigenvalue weighted by atomic mass is 9.84. The van der Waals surface area contributed by atoms with Gasteiger partial charge in [-0.25, -0.2) is 4.79 Å². The van der Waals surface area contributed by atoms with E-state index in [2.05, 4.69) is 12.1 Å². The Morgan fingerprint density at radius 2 is 1.84 bits per heavy atom. The van der Waals surface area contributed by atoms with Crippen molar-refractivity contribution in [3.05, 3.63) is 36.0 Å². The van der Waals surface area contributed by atoms with Crippen molar-refractivity contribution in [1.82, 2.24) is 9.47 Å². The molecule has 1 saturated carbocycles. The minimum absolute atomic E-state index is 0.0898. The molecule has 0 atom stereocenters. The smallest absolute Gasteiger partial charge is 0.329 e. The molecule has 2 aliphatic rings. The average Bonchev–Trinajstić information content (AvgIpc) is 3.01. The largest absolute Gasteiger partial charge is 0.378 e. The molecule has 0 radical (unpaired) electrons. The van der Waals surface area contributed by atoms with E-state index in [1.807, 2.05) is 27.7 Å². The van der Waals surface area contributed by atoms with Crippen LogP contribution in [-0.2, 0) is 11.2 Å². The van der Waals surface area contributed by atoms with Crippen molar-refractivity contribution in [2.24, 2.45) is 11.7 Å². The van der Waals surface area contributed by atoms with Gasteiger partial charge in [-0.2, -0.15) is 0 Å². The number of rotatable bonds is 2. The van der Waals surface area contributed by atoms with E-state index < -0.39 is 0 Å². The summed E-state index contributed by atoms with van der Waals surface area (Å²) in [7, 11) is 0. The van der Waals surface area contributed by atoms with Crippen molar-refractivity contribution in [3.63, 3.8) is 0 Å². The molecule has 0 spiro atoms. The molecule has 134 valence electrons. The second kappa shape index (κ2) is 7.18. The van der Waals surface area contributed by atoms with Crippen LogP contribution in [0, 0.1) is 5.92 Å². The Labute approximate surface area is 148 Å². The van der Waals surface area contributed by atoms with Gasteiger partial charge in [0.1, 0.15) is 0 Å². The number of hydrogen-bond acceptors (Lipinski definition) is 3. The first-order valence-corrected chi connectivity index (χ1v) is 9.44. The molecule has 25 heavy (non-hydrogen) atoms. The number of benzene rings is 1. The first kappa shape index (κ1) is 16.6. The van der Waals surface area contributed by atoms with Crippen LogP contribution in [0.4, 0.5) is 4.79 Å². The predicted octanol–water partition coefficient (Wildman–Crippen LogP) is 3.00. The minimum Gasteiger partial charge on any atom is -0.378 e. The van der Waals surface area contributed by atoms with Gasteiger partial charge in [-0.05, 0) is 50.2 Å². The monoisotopic (exact) mass is 341 g/mol. The summed E-state index contributed by atoms with van der Waals surface area (Å²) in [5.41, 5.74) is 8.20. The number of nitrogens with two attached hydrogens (primary N) is 1. The van der Waals surface area contributed by atoms with Crippen LogP contribution in [0.3, 0.4) is 0 Å². The van der Waals surface area contributed by atoms with E-state index in [1.54, 1.807) is 0 Å². The molecule has 1 aliphatic carbocycles. The number of amides is 1. The van der Waals surface area contributed by atoms with E-state index in [9.17, 15) is 4.79 Å². The number of para-hydroxylation sites is 1. The van der Waals surface area contributed by atoms with Gasteiger partial charge in [0.25, 0.3) is 0 Å². The van der Waals surface area contributed by atoms with E-state index in [-0.39, 0.29) is 6.03 Å². The van der Waals surface area contributed by atoms with Gasteiger partial charge in [0.05, 0.1) is 18.7 Å². The maximum absolute atomic E-state index is 13.2. The number of ether oxygens (including phenoxy) is 1. The molecule has 5 heteroatoms.